The molecule has 0 aliphatic carbocycles. The van der Waals surface area contributed by atoms with Gasteiger partial charge in [0.2, 0.25) is 13.4 Å². The van der Waals surface area contributed by atoms with Gasteiger partial charge in [0.15, 0.2) is 0 Å². The Morgan fingerprint density at radius 2 is 0.333 bits per heavy atom. The van der Waals surface area contributed by atoms with E-state index in [-0.39, 0.29) is 13.4 Å². The van der Waals surface area contributed by atoms with E-state index in [1.165, 1.54) is 111 Å². The van der Waals surface area contributed by atoms with Gasteiger partial charge in [-0.25, -0.2) is 0 Å². The summed E-state index contributed by atoms with van der Waals surface area (Å²) in [5.41, 5.74) is 46.5. The van der Waals surface area contributed by atoms with Gasteiger partial charge in [-0.05, 0) is 234 Å². The molecule has 114 heavy (non-hydrogen) atoms. The average molecular weight is 1470 g/mol. The van der Waals surface area contributed by atoms with E-state index in [0.29, 0.717) is 0 Å². The summed E-state index contributed by atoms with van der Waals surface area (Å²) < 4.78 is 0. The minimum Gasteiger partial charge on any atom is -0.311 e. The van der Waals surface area contributed by atoms with Crippen LogP contribution in [0.25, 0.3) is 55.7 Å². The summed E-state index contributed by atoms with van der Waals surface area (Å²) in [5, 5.41) is 0. The number of hydrogen-bond acceptors (Lipinski definition) is 2. The van der Waals surface area contributed by atoms with E-state index < -0.39 is 0 Å². The number of aryl methyl sites for hydroxylation is 12. The van der Waals surface area contributed by atoms with Gasteiger partial charge in [0.1, 0.15) is 0 Å². The molecule has 0 atom stereocenters. The zero-order valence-electron chi connectivity index (χ0n) is 67.7. The average Bonchev–Trinajstić information content (AvgIpc) is 0.770. The van der Waals surface area contributed by atoms with Crippen molar-refractivity contribution in [1.29, 1.82) is 0 Å². The molecule has 0 aliphatic heterocycles. The van der Waals surface area contributed by atoms with Crippen LogP contribution in [-0.4, -0.2) is 13.4 Å². The summed E-state index contributed by atoms with van der Waals surface area (Å²) in [6.07, 6.45) is 0. The molecule has 0 spiro atoms. The van der Waals surface area contributed by atoms with Gasteiger partial charge in [-0.1, -0.05) is 391 Å². The third-order valence-electron chi connectivity index (χ3n) is 23.2. The van der Waals surface area contributed by atoms with Crippen LogP contribution in [0.3, 0.4) is 0 Å². The van der Waals surface area contributed by atoms with Gasteiger partial charge in [0.05, 0.1) is 0 Å². The number of anilines is 6. The molecule has 0 heterocycles. The monoisotopic (exact) mass is 1470 g/mol. The summed E-state index contributed by atoms with van der Waals surface area (Å²) in [4.78, 5) is 4.64. The second-order valence-electron chi connectivity index (χ2n) is 31.5. The van der Waals surface area contributed by atoms with Crippen LogP contribution in [0.5, 0.6) is 0 Å². The van der Waals surface area contributed by atoms with Crippen molar-refractivity contribution in [1.82, 2.24) is 0 Å². The van der Waals surface area contributed by atoms with Gasteiger partial charge < -0.3 is 9.80 Å². The fraction of sp³-hybridized carbons (Fsp3) is 0.109. The van der Waals surface area contributed by atoms with Crippen LogP contribution in [-0.2, 0) is 0 Å². The van der Waals surface area contributed by atoms with E-state index in [1.807, 2.05) is 0 Å². The van der Waals surface area contributed by atoms with Crippen molar-refractivity contribution < 1.29 is 0 Å². The van der Waals surface area contributed by atoms with Crippen LogP contribution in [0.2, 0.25) is 0 Å². The third kappa shape index (κ3) is 15.6. The van der Waals surface area contributed by atoms with Gasteiger partial charge in [-0.15, -0.1) is 0 Å². The number of benzene rings is 16. The lowest BCUT2D eigenvalue weighted by atomic mass is 9.34. The van der Waals surface area contributed by atoms with Crippen LogP contribution in [0.4, 0.5) is 34.1 Å². The predicted molar refractivity (Wildman–Crippen MR) is 494 cm³/mol. The minimum absolute atomic E-state index is 0.0817. The van der Waals surface area contributed by atoms with Crippen LogP contribution in [0.15, 0.2) is 364 Å². The van der Waals surface area contributed by atoms with Gasteiger partial charge >= 0.3 is 0 Å². The lowest BCUT2D eigenvalue weighted by Crippen LogP contribution is -2.55. The summed E-state index contributed by atoms with van der Waals surface area (Å²) in [5.74, 6) is 0. The number of para-hydroxylation sites is 4. The van der Waals surface area contributed by atoms with Crippen LogP contribution >= 0.6 is 0 Å². The maximum atomic E-state index is 2.38. The predicted octanol–water partition coefficient (Wildman–Crippen LogP) is 25.0. The summed E-state index contributed by atoms with van der Waals surface area (Å²) in [7, 11) is 0. The molecule has 16 aromatic rings. The Kier molecular flexibility index (Phi) is 21.6. The van der Waals surface area contributed by atoms with Crippen molar-refractivity contribution in [2.75, 3.05) is 9.80 Å². The third-order valence-corrected chi connectivity index (χ3v) is 23.2. The maximum Gasteiger partial charge on any atom is 0.242 e. The topological polar surface area (TPSA) is 6.48 Å². The Labute approximate surface area is 677 Å². The van der Waals surface area contributed by atoms with E-state index in [0.717, 1.165) is 101 Å². The molecular weight excluding hydrogens is 1370 g/mol. The molecule has 0 saturated carbocycles. The van der Waals surface area contributed by atoms with Gasteiger partial charge in [0, 0.05) is 34.1 Å². The Morgan fingerprint density at radius 3 is 0.518 bits per heavy atom. The molecule has 0 saturated heterocycles. The first-order valence-corrected chi connectivity index (χ1v) is 40.2. The van der Waals surface area contributed by atoms with Gasteiger partial charge in [-0.3, -0.25) is 0 Å². The standard InChI is InChI=1S/C110H96B2N2/c1-73-65-77(5)107(78(6)66-73)111(108-79(7)67-74(2)68-80(108)8)97-57-49-89(50-58-97)85-33-41-93(42-34-85)105(95-45-37-87(38-46-95)91-53-61-103(62-54-91)113(99-25-17-13-18-26-99)100-27-19-14-20-28-100)106(96-47-39-88(40-48-96)92-55-63-104(64-56-92)114(101-29-21-15-22-30-101)102-31-23-16-24-32-102)94-43-35-86(36-44-94)90-51-59-98(60-52-90)112(109-81(9)69-75(3)70-82(109)10)110-83(11)71-76(4)72-84(110)12/h13-72H,1-12H3/b106-105-. The molecule has 0 unspecified atom stereocenters. The second-order valence-corrected chi connectivity index (χ2v) is 31.5. The SMILES string of the molecule is Cc1cc(C)c(B(c2ccc(-c3ccc(/C(=C(\c4ccc(-c5ccc(B(c6c(C)cc(C)cc6C)c6c(C)cc(C)cc6C)cc5)cc4)c4ccc(-c5ccc(N(c6ccccc6)c6ccccc6)cc5)cc4)c4ccc(-c5ccc(N(c6ccccc6)c6ccccc6)cc5)cc4)cc3)cc2)c2c(C)cc(C)cc2C)c(C)c1. The molecule has 0 aliphatic rings. The zero-order chi connectivity index (χ0) is 78.7. The van der Waals surface area contributed by atoms with Crippen LogP contribution in [0.1, 0.15) is 89.0 Å². The maximum absolute atomic E-state index is 2.38. The van der Waals surface area contributed by atoms with Gasteiger partial charge in [-0.2, -0.15) is 0 Å². The first kappa shape index (κ1) is 75.0. The van der Waals surface area contributed by atoms with Gasteiger partial charge in [0.25, 0.3) is 0 Å². The largest absolute Gasteiger partial charge is 0.311 e. The first-order valence-electron chi connectivity index (χ1n) is 40.2. The van der Waals surface area contributed by atoms with E-state index >= 15 is 0 Å². The lowest BCUT2D eigenvalue weighted by Gasteiger charge is -2.25. The molecule has 4 heteroatoms. The molecule has 0 radical (unpaired) electrons. The number of nitrogens with zero attached hydrogens (tertiary/aromatic N) is 2. The van der Waals surface area contributed by atoms with Crippen molar-refractivity contribution in [3.8, 4) is 44.5 Å². The molecule has 552 valence electrons. The Hall–Kier alpha value is -13.0. The Balaban J connectivity index is 0.825. The van der Waals surface area contributed by atoms with Crippen LogP contribution in [0, 0.1) is 83.1 Å². The molecule has 0 bridgehead atoms. The van der Waals surface area contributed by atoms with Crippen molar-refractivity contribution in [3.05, 3.63) is 453 Å². The Morgan fingerprint density at radius 1 is 0.175 bits per heavy atom. The van der Waals surface area contributed by atoms with Crippen molar-refractivity contribution in [3.63, 3.8) is 0 Å². The second kappa shape index (κ2) is 32.7. The smallest absolute Gasteiger partial charge is 0.242 e. The summed E-state index contributed by atoms with van der Waals surface area (Å²) in [6.45, 7) is 27.3. The first-order chi connectivity index (χ1) is 55.5. The molecular formula is C110H96B2N2. The van der Waals surface area contributed by atoms with E-state index in [1.54, 1.807) is 0 Å². The molecule has 2 nitrogen and oxygen atoms in total. The highest BCUT2D eigenvalue weighted by Gasteiger charge is 2.31. The molecule has 0 fully saturated rings. The fourth-order valence-electron chi connectivity index (χ4n) is 18.3. The minimum atomic E-state index is 0.0817. The fourth-order valence-corrected chi connectivity index (χ4v) is 18.3. The molecule has 16 aromatic carbocycles. The van der Waals surface area contributed by atoms with Crippen molar-refractivity contribution in [2.45, 2.75) is 83.1 Å². The van der Waals surface area contributed by atoms with Crippen molar-refractivity contribution >= 4 is 91.5 Å². The zero-order valence-corrected chi connectivity index (χ0v) is 67.7. The molecule has 0 aromatic heterocycles. The highest BCUT2D eigenvalue weighted by molar-refractivity contribution is 6.97. The highest BCUT2D eigenvalue weighted by Crippen LogP contribution is 2.42. The molecule has 0 amide bonds. The quantitative estimate of drug-likeness (QED) is 0.0554. The number of rotatable bonds is 20. The highest BCUT2D eigenvalue weighted by atomic mass is 15.1. The van der Waals surface area contributed by atoms with E-state index in [2.05, 4.69) is 457 Å². The normalized spacial score (nSPS) is 11.5. The molecule has 16 rings (SSSR count). The summed E-state index contributed by atoms with van der Waals surface area (Å²) in [6, 6.07) is 136. The van der Waals surface area contributed by atoms with Crippen LogP contribution < -0.4 is 42.6 Å². The lowest BCUT2D eigenvalue weighted by molar-refractivity contribution is 1.28. The van der Waals surface area contributed by atoms with E-state index in [9.17, 15) is 0 Å². The number of hydrogen-bond donors (Lipinski definition) is 0. The van der Waals surface area contributed by atoms with Crippen molar-refractivity contribution in [2.24, 2.45) is 0 Å². The van der Waals surface area contributed by atoms with E-state index in [4.69, 9.17) is 0 Å². The molecule has 0 N–H and O–H groups in total. The Bertz CT molecular complexity index is 5470. The summed E-state index contributed by atoms with van der Waals surface area (Å²) >= 11 is 0.